The van der Waals surface area contributed by atoms with E-state index in [9.17, 15) is 19.2 Å². The van der Waals surface area contributed by atoms with E-state index in [0.717, 1.165) is 47.1 Å². The van der Waals surface area contributed by atoms with E-state index in [2.05, 4.69) is 74.6 Å². The fourth-order valence-electron chi connectivity index (χ4n) is 19.3. The van der Waals surface area contributed by atoms with Gasteiger partial charge >= 0.3 is 18.0 Å². The Labute approximate surface area is 741 Å². The van der Waals surface area contributed by atoms with Crippen LogP contribution in [0.15, 0.2) is 152 Å². The minimum absolute atomic E-state index is 0.0517. The molecule has 2 amide bonds. The molecule has 25 nitrogen and oxygen atoms in total. The molecule has 5 aromatic carbocycles. The van der Waals surface area contributed by atoms with Gasteiger partial charge < -0.3 is 100 Å². The molecule has 1 N–H and O–H groups in total. The van der Waals surface area contributed by atoms with Crippen molar-refractivity contribution in [2.75, 3.05) is 39.6 Å². The fraction of sp³-hybridized carbons (Fsp3) is 0.660. The Balaban J connectivity index is 0.764. The molecule has 0 aromatic heterocycles. The zero-order chi connectivity index (χ0) is 89.0. The molecule has 12 rings (SSSR count). The first-order chi connectivity index (χ1) is 60.2. The van der Waals surface area contributed by atoms with Gasteiger partial charge in [0.05, 0.1) is 87.9 Å². The Hall–Kier alpha value is -6.86. The number of rotatable bonds is 39. The Bertz CT molecular complexity index is 4050. The van der Waals surface area contributed by atoms with Crippen LogP contribution < -0.4 is 5.32 Å². The lowest BCUT2D eigenvalue weighted by Gasteiger charge is -2.54. The summed E-state index contributed by atoms with van der Waals surface area (Å²) in [4.78, 5) is 53.8. The van der Waals surface area contributed by atoms with E-state index in [1.807, 2.05) is 186 Å². The number of nitrogens with zero attached hydrogens (tertiary/aromatic N) is 1. The lowest BCUT2D eigenvalue weighted by molar-refractivity contribution is -0.398. The van der Waals surface area contributed by atoms with Crippen LogP contribution in [0.25, 0.3) is 0 Å². The molecule has 0 radical (unpaired) electrons. The molecule has 0 aliphatic carbocycles. The number of benzene rings is 5. The zero-order valence-electron chi connectivity index (χ0n) is 76.7. The van der Waals surface area contributed by atoms with Crippen molar-refractivity contribution < 1.29 is 109 Å². The van der Waals surface area contributed by atoms with Crippen LogP contribution in [0.4, 0.5) is 4.79 Å². The molecular formula is C100H142N2O23. The van der Waals surface area contributed by atoms with Gasteiger partial charge in [0.15, 0.2) is 43.5 Å². The summed E-state index contributed by atoms with van der Waals surface area (Å²) in [6.45, 7) is 36.6. The number of esters is 2. The van der Waals surface area contributed by atoms with E-state index in [1.54, 1.807) is 4.90 Å². The summed E-state index contributed by atoms with van der Waals surface area (Å²) in [6, 6.07) is 49.4. The standard InChI is InChI=1S/C100H142N2O23/c1-18-78(113-72(16)104)66(10)90-85(101-84(105)20-3)60(4)51-100(17,125-90)124-87-67(11)80(58-110-71(15)103)115-96(69(87)13)119-86-65(9)79(19-2)114-95(68(86)12)122-91-70(14)97(118-83-59-111-98(123-92(83)91)77-47-35-25-36-48-77)121-89-62(6)64(8)94(117-82(89)57-108-54-75-43-31-23-32-44-75)120-88-61(5)63(7)93(116-81(88)56-107-53-74-41-29-22-30-42-74)109-50-38-26-37-49-102(52-73-39-27-21-28-40-73)99(106)112-55-76-45-33-24-34-46-76/h21-25,27-36,39-48,60-70,78-83,85-98H,18-20,26,37-38,49-59H2,1-17H3,(H,101,105)/t60-,61-,62-,63?,64?,65+,66-,67+,68?,69?,70?,78-,79?,80?,81?,82?,83?,85-,86+,87+,88+,89-,90?,91-,92+,93-,94+,95+,96+,97-,98?,100+/m1/s1. The van der Waals surface area contributed by atoms with Gasteiger partial charge in [-0.1, -0.05) is 249 Å². The van der Waals surface area contributed by atoms with Gasteiger partial charge in [0.2, 0.25) is 5.91 Å². The monoisotopic (exact) mass is 1740 g/mol. The maximum absolute atomic E-state index is 13.6. The van der Waals surface area contributed by atoms with E-state index >= 15 is 0 Å². The molecule has 125 heavy (non-hydrogen) atoms. The van der Waals surface area contributed by atoms with Crippen molar-refractivity contribution in [2.24, 2.45) is 65.1 Å². The van der Waals surface area contributed by atoms with Gasteiger partial charge in [-0.25, -0.2) is 4.79 Å². The number of nitrogens with one attached hydrogen (secondary N) is 1. The zero-order valence-corrected chi connectivity index (χ0v) is 76.7. The van der Waals surface area contributed by atoms with E-state index in [1.165, 1.54) is 13.8 Å². The SMILES string of the molecule is CCC(=O)N[C@H]1C([C@H](C)[C@@H](CC)OC(C)=O)O[C@](C)(O[C@@H]2C(C)[C@H](O[C@@H]3C(C)[C@H](O[C@@H]4C(C)[C@@H](O[C@H]5C(COCc6ccccc6)O[C@@H](O[C@@H]6C(COCc7ccccc7)O[C@@H](OCCCCCN(Cc7ccccc7)C(=O)OCc7ccccc7)C(C)[C@H]6C)C(C)[C@H]5C)OC5COC(c6ccccc6)O[C@@H]54)OC(CC)[C@@H]3C)OC(COC(C)=O)[C@@H]2C)C[C@H]1C. The normalized spacial score (nSPS) is 35.4. The van der Waals surface area contributed by atoms with Crippen molar-refractivity contribution in [3.63, 3.8) is 0 Å². The lowest BCUT2D eigenvalue weighted by Crippen LogP contribution is -2.64. The highest BCUT2D eigenvalue weighted by molar-refractivity contribution is 5.76. The summed E-state index contributed by atoms with van der Waals surface area (Å²) < 4.78 is 132. The number of amides is 2. The maximum Gasteiger partial charge on any atom is 0.410 e. The molecule has 0 saturated carbocycles. The van der Waals surface area contributed by atoms with Crippen LogP contribution in [-0.4, -0.2) is 191 Å². The van der Waals surface area contributed by atoms with Crippen LogP contribution in [0.5, 0.6) is 0 Å². The van der Waals surface area contributed by atoms with Gasteiger partial charge in [-0.05, 0) is 79.0 Å². The summed E-state index contributed by atoms with van der Waals surface area (Å²) >= 11 is 0. The third kappa shape index (κ3) is 25.6. The van der Waals surface area contributed by atoms with Gasteiger partial charge in [-0.15, -0.1) is 0 Å². The highest BCUT2D eigenvalue weighted by Gasteiger charge is 2.58. The van der Waals surface area contributed by atoms with Crippen molar-refractivity contribution in [3.8, 4) is 0 Å². The van der Waals surface area contributed by atoms with Crippen LogP contribution in [0, 0.1) is 65.1 Å². The predicted molar refractivity (Wildman–Crippen MR) is 467 cm³/mol. The molecular weight excluding hydrogens is 1600 g/mol. The second kappa shape index (κ2) is 46.6. The number of carbonyl (C=O) groups is 4. The number of hydrogen-bond donors (Lipinski definition) is 1. The van der Waals surface area contributed by atoms with Crippen molar-refractivity contribution >= 4 is 23.9 Å². The molecule has 0 spiro atoms. The third-order valence-corrected chi connectivity index (χ3v) is 27.1. The molecule has 7 aliphatic rings. The maximum atomic E-state index is 13.6. The van der Waals surface area contributed by atoms with Crippen molar-refractivity contribution in [2.45, 2.75) is 318 Å². The van der Waals surface area contributed by atoms with Crippen molar-refractivity contribution in [1.82, 2.24) is 10.2 Å². The molecule has 12 unspecified atom stereocenters. The predicted octanol–water partition coefficient (Wildman–Crippen LogP) is 16.8. The Morgan fingerprint density at radius 2 is 0.992 bits per heavy atom. The fourth-order valence-corrected chi connectivity index (χ4v) is 19.3. The average Bonchev–Trinajstić information content (AvgIpc) is 0.760. The van der Waals surface area contributed by atoms with Gasteiger partial charge in [-0.3, -0.25) is 14.4 Å². The largest absolute Gasteiger partial charge is 0.463 e. The number of carbonyl (C=O) groups excluding carboxylic acids is 4. The molecule has 7 fully saturated rings. The van der Waals surface area contributed by atoms with Crippen LogP contribution >= 0.6 is 0 Å². The first kappa shape index (κ1) is 97.2. The van der Waals surface area contributed by atoms with E-state index in [4.69, 9.17) is 90.0 Å². The van der Waals surface area contributed by atoms with Gasteiger partial charge in [0.1, 0.15) is 43.7 Å². The Kier molecular flexibility index (Phi) is 36.2. The van der Waals surface area contributed by atoms with Gasteiger partial charge in [0.25, 0.3) is 0 Å². The van der Waals surface area contributed by atoms with Gasteiger partial charge in [0, 0.05) is 99.3 Å². The molecule has 7 aliphatic heterocycles. The second-order valence-electron chi connectivity index (χ2n) is 36.5. The minimum Gasteiger partial charge on any atom is -0.463 e. The van der Waals surface area contributed by atoms with E-state index in [0.29, 0.717) is 52.2 Å². The van der Waals surface area contributed by atoms with Crippen molar-refractivity contribution in [1.29, 1.82) is 0 Å². The number of fused-ring (bicyclic) bond motifs is 1. The molecule has 0 bridgehead atoms. The lowest BCUT2D eigenvalue weighted by atomic mass is 9.79. The number of unbranched alkanes of at least 4 members (excludes halogenated alkanes) is 2. The molecule has 5 aromatic rings. The van der Waals surface area contributed by atoms with E-state index < -0.39 is 153 Å². The van der Waals surface area contributed by atoms with Crippen LogP contribution in [0.1, 0.15) is 197 Å². The average molecular weight is 1740 g/mol. The van der Waals surface area contributed by atoms with E-state index in [-0.39, 0.29) is 105 Å². The first-order valence-corrected chi connectivity index (χ1v) is 46.2. The molecule has 25 heteroatoms. The van der Waals surface area contributed by atoms with Crippen LogP contribution in [0.2, 0.25) is 0 Å². The number of ether oxygens (including phenoxy) is 19. The van der Waals surface area contributed by atoms with Crippen LogP contribution in [0.3, 0.4) is 0 Å². The topological polar surface area (TPSA) is 259 Å². The van der Waals surface area contributed by atoms with Crippen LogP contribution in [-0.2, 0) is 131 Å². The van der Waals surface area contributed by atoms with Gasteiger partial charge in [-0.2, -0.15) is 0 Å². The Morgan fingerprint density at radius 1 is 0.496 bits per heavy atom. The molecule has 32 atom stereocenters. The molecule has 690 valence electrons. The number of hydrogen-bond acceptors (Lipinski definition) is 23. The molecule has 7 heterocycles. The quantitative estimate of drug-likeness (QED) is 0.0218. The summed E-state index contributed by atoms with van der Waals surface area (Å²) in [5, 5.41) is 3.25. The summed E-state index contributed by atoms with van der Waals surface area (Å²) in [5.74, 6) is -5.12. The summed E-state index contributed by atoms with van der Waals surface area (Å²) in [7, 11) is 0. The summed E-state index contributed by atoms with van der Waals surface area (Å²) in [6.07, 6.45) is -8.35. The smallest absolute Gasteiger partial charge is 0.410 e. The Morgan fingerprint density at radius 3 is 1.56 bits per heavy atom. The highest BCUT2D eigenvalue weighted by Crippen LogP contribution is 2.49. The summed E-state index contributed by atoms with van der Waals surface area (Å²) in [5.41, 5.74) is 4.85. The van der Waals surface area contributed by atoms with Crippen molar-refractivity contribution in [3.05, 3.63) is 179 Å². The molecule has 7 saturated heterocycles. The minimum atomic E-state index is -1.20. The highest BCUT2D eigenvalue weighted by atomic mass is 16.8. The third-order valence-electron chi connectivity index (χ3n) is 27.1. The first-order valence-electron chi connectivity index (χ1n) is 46.2. The second-order valence-corrected chi connectivity index (χ2v) is 36.5.